The highest BCUT2D eigenvalue weighted by Crippen LogP contribution is 2.32. The lowest BCUT2D eigenvalue weighted by molar-refractivity contribution is 0.416. The van der Waals surface area contributed by atoms with Gasteiger partial charge in [0.1, 0.15) is 5.75 Å². The van der Waals surface area contributed by atoms with Crippen LogP contribution in [0.25, 0.3) is 0 Å². The van der Waals surface area contributed by atoms with Crippen molar-refractivity contribution in [2.24, 2.45) is 0 Å². The second kappa shape index (κ2) is 4.99. The highest BCUT2D eigenvalue weighted by molar-refractivity contribution is 7.10. The van der Waals surface area contributed by atoms with Gasteiger partial charge in [0.25, 0.3) is 0 Å². The molecule has 1 N–H and O–H groups in total. The molecule has 2 rings (SSSR count). The van der Waals surface area contributed by atoms with Crippen molar-refractivity contribution >= 4 is 22.7 Å². The first-order valence-electron chi connectivity index (χ1n) is 5.09. The molecule has 2 heterocycles. The highest BCUT2D eigenvalue weighted by Gasteiger charge is 2.15. The number of nitrogens with one attached hydrogen (secondary N) is 1. The van der Waals surface area contributed by atoms with Gasteiger partial charge < -0.3 is 10.1 Å². The van der Waals surface area contributed by atoms with E-state index in [-0.39, 0.29) is 6.04 Å². The van der Waals surface area contributed by atoms with Crippen LogP contribution in [0.1, 0.15) is 21.4 Å². The zero-order chi connectivity index (χ0) is 11.5. The maximum absolute atomic E-state index is 5.22. The molecule has 0 aliphatic carbocycles. The Labute approximate surface area is 104 Å². The van der Waals surface area contributed by atoms with Crippen molar-refractivity contribution in [2.75, 3.05) is 14.2 Å². The van der Waals surface area contributed by atoms with Gasteiger partial charge in [0, 0.05) is 15.1 Å². The van der Waals surface area contributed by atoms with E-state index in [1.807, 2.05) is 12.4 Å². The Morgan fingerprint density at radius 2 is 2.06 bits per heavy atom. The van der Waals surface area contributed by atoms with E-state index < -0.39 is 0 Å². The molecule has 86 valence electrons. The van der Waals surface area contributed by atoms with Crippen LogP contribution in [0.15, 0.2) is 22.9 Å². The predicted octanol–water partition coefficient (Wildman–Crippen LogP) is 3.44. The van der Waals surface area contributed by atoms with Crippen LogP contribution in [0.2, 0.25) is 0 Å². The van der Waals surface area contributed by atoms with Crippen LogP contribution in [0.3, 0.4) is 0 Å². The first-order valence-corrected chi connectivity index (χ1v) is 6.85. The van der Waals surface area contributed by atoms with Gasteiger partial charge in [-0.15, -0.1) is 22.7 Å². The average molecular weight is 253 g/mol. The van der Waals surface area contributed by atoms with E-state index in [2.05, 4.69) is 29.8 Å². The summed E-state index contributed by atoms with van der Waals surface area (Å²) < 4.78 is 5.22. The van der Waals surface area contributed by atoms with E-state index in [0.717, 1.165) is 5.75 Å². The van der Waals surface area contributed by atoms with Gasteiger partial charge in [-0.1, -0.05) is 0 Å². The van der Waals surface area contributed by atoms with Gasteiger partial charge in [0.05, 0.1) is 13.2 Å². The van der Waals surface area contributed by atoms with Crippen LogP contribution >= 0.6 is 22.7 Å². The molecule has 4 heteroatoms. The van der Waals surface area contributed by atoms with Crippen molar-refractivity contribution < 1.29 is 4.74 Å². The second-order valence-electron chi connectivity index (χ2n) is 3.60. The van der Waals surface area contributed by atoms with Crippen molar-refractivity contribution in [3.8, 4) is 5.75 Å². The first kappa shape index (κ1) is 11.6. The molecule has 16 heavy (non-hydrogen) atoms. The molecule has 0 aliphatic rings. The summed E-state index contributed by atoms with van der Waals surface area (Å²) in [5.74, 6) is 0.937. The van der Waals surface area contributed by atoms with Crippen LogP contribution in [-0.4, -0.2) is 14.2 Å². The van der Waals surface area contributed by atoms with Gasteiger partial charge in [0.15, 0.2) is 0 Å². The molecule has 0 aromatic carbocycles. The SMILES string of the molecule is CNC(c1csc(C)c1)c1cc(OC)cs1. The molecular weight excluding hydrogens is 238 g/mol. The van der Waals surface area contributed by atoms with Gasteiger partial charge >= 0.3 is 0 Å². The van der Waals surface area contributed by atoms with E-state index in [0.29, 0.717) is 0 Å². The van der Waals surface area contributed by atoms with Gasteiger partial charge in [-0.05, 0) is 37.0 Å². The van der Waals surface area contributed by atoms with Crippen LogP contribution in [-0.2, 0) is 0 Å². The van der Waals surface area contributed by atoms with Crippen molar-refractivity contribution in [3.05, 3.63) is 38.2 Å². The van der Waals surface area contributed by atoms with E-state index in [1.165, 1.54) is 15.3 Å². The molecule has 0 saturated heterocycles. The minimum absolute atomic E-state index is 0.277. The standard InChI is InChI=1S/C12H15NOS2/c1-8-4-9(6-15-8)12(13-2)11-5-10(14-3)7-16-11/h4-7,12-13H,1-3H3. The first-order chi connectivity index (χ1) is 7.74. The van der Waals surface area contributed by atoms with Gasteiger partial charge in [-0.2, -0.15) is 0 Å². The molecule has 0 fully saturated rings. The molecule has 1 unspecified atom stereocenters. The molecule has 0 saturated carbocycles. The maximum Gasteiger partial charge on any atom is 0.129 e. The van der Waals surface area contributed by atoms with E-state index >= 15 is 0 Å². The summed E-state index contributed by atoms with van der Waals surface area (Å²) in [4.78, 5) is 2.64. The summed E-state index contributed by atoms with van der Waals surface area (Å²) in [7, 11) is 3.69. The Kier molecular flexibility index (Phi) is 3.63. The number of hydrogen-bond donors (Lipinski definition) is 1. The third-order valence-corrected chi connectivity index (χ3v) is 4.34. The Morgan fingerprint density at radius 1 is 1.25 bits per heavy atom. The van der Waals surface area contributed by atoms with Crippen molar-refractivity contribution in [1.82, 2.24) is 5.32 Å². The monoisotopic (exact) mass is 253 g/mol. The summed E-state index contributed by atoms with van der Waals surface area (Å²) in [6.07, 6.45) is 0. The molecule has 0 bridgehead atoms. The normalized spacial score (nSPS) is 12.7. The smallest absolute Gasteiger partial charge is 0.129 e. The number of thiophene rings is 2. The summed E-state index contributed by atoms with van der Waals surface area (Å²) >= 11 is 3.52. The van der Waals surface area contributed by atoms with Crippen molar-refractivity contribution in [1.29, 1.82) is 0 Å². The maximum atomic E-state index is 5.22. The zero-order valence-electron chi connectivity index (χ0n) is 9.61. The Balaban J connectivity index is 2.28. The number of hydrogen-bond acceptors (Lipinski definition) is 4. The van der Waals surface area contributed by atoms with Crippen molar-refractivity contribution in [3.63, 3.8) is 0 Å². The molecule has 0 aliphatic heterocycles. The Hall–Kier alpha value is -0.840. The highest BCUT2D eigenvalue weighted by atomic mass is 32.1. The third kappa shape index (κ3) is 2.29. The van der Waals surface area contributed by atoms with Gasteiger partial charge in [0.2, 0.25) is 0 Å². The fraction of sp³-hybridized carbons (Fsp3) is 0.333. The Bertz CT molecular complexity index is 461. The lowest BCUT2D eigenvalue weighted by Gasteiger charge is -2.12. The van der Waals surface area contributed by atoms with Crippen LogP contribution in [0.5, 0.6) is 5.75 Å². The third-order valence-electron chi connectivity index (χ3n) is 2.49. The quantitative estimate of drug-likeness (QED) is 0.901. The topological polar surface area (TPSA) is 21.3 Å². The van der Waals surface area contributed by atoms with Gasteiger partial charge in [-0.3, -0.25) is 0 Å². The molecular formula is C12H15NOS2. The lowest BCUT2D eigenvalue weighted by atomic mass is 10.1. The number of methoxy groups -OCH3 is 1. The summed E-state index contributed by atoms with van der Waals surface area (Å²) in [5, 5.41) is 7.60. The fourth-order valence-corrected chi connectivity index (χ4v) is 3.40. The zero-order valence-corrected chi connectivity index (χ0v) is 11.2. The predicted molar refractivity (Wildman–Crippen MR) is 70.8 cm³/mol. The van der Waals surface area contributed by atoms with E-state index in [9.17, 15) is 0 Å². The Morgan fingerprint density at radius 3 is 2.56 bits per heavy atom. The van der Waals surface area contributed by atoms with Crippen LogP contribution < -0.4 is 10.1 Å². The molecule has 0 spiro atoms. The molecule has 2 nitrogen and oxygen atoms in total. The largest absolute Gasteiger partial charge is 0.496 e. The summed E-state index contributed by atoms with van der Waals surface area (Å²) in [6, 6.07) is 4.61. The summed E-state index contributed by atoms with van der Waals surface area (Å²) in [5.41, 5.74) is 1.33. The molecule has 2 aromatic rings. The molecule has 2 aromatic heterocycles. The average Bonchev–Trinajstić information content (AvgIpc) is 2.89. The van der Waals surface area contributed by atoms with Crippen LogP contribution in [0, 0.1) is 6.92 Å². The van der Waals surface area contributed by atoms with E-state index in [4.69, 9.17) is 4.74 Å². The van der Waals surface area contributed by atoms with Crippen LogP contribution in [0.4, 0.5) is 0 Å². The lowest BCUT2D eigenvalue weighted by Crippen LogP contribution is -2.15. The fourth-order valence-electron chi connectivity index (χ4n) is 1.68. The second-order valence-corrected chi connectivity index (χ2v) is 5.66. The number of rotatable bonds is 4. The summed E-state index contributed by atoms with van der Waals surface area (Å²) in [6.45, 7) is 2.13. The molecule has 0 amide bonds. The van der Waals surface area contributed by atoms with Gasteiger partial charge in [-0.25, -0.2) is 0 Å². The molecule has 0 radical (unpaired) electrons. The van der Waals surface area contributed by atoms with E-state index in [1.54, 1.807) is 29.8 Å². The molecule has 1 atom stereocenters. The number of ether oxygens (including phenoxy) is 1. The van der Waals surface area contributed by atoms with Crippen molar-refractivity contribution in [2.45, 2.75) is 13.0 Å². The minimum atomic E-state index is 0.277. The minimum Gasteiger partial charge on any atom is -0.496 e. The number of aryl methyl sites for hydroxylation is 1.